The molecule has 0 aliphatic heterocycles. The first kappa shape index (κ1) is 13.0. The highest BCUT2D eigenvalue weighted by Gasteiger charge is 2.11. The second-order valence-corrected chi connectivity index (χ2v) is 4.39. The Hall–Kier alpha value is -2.96. The molecule has 3 rings (SSSR count). The SMILES string of the molecule is COc1cc(Nc2ccc(N)c3nonc23)cc(OC)c1. The highest BCUT2D eigenvalue weighted by Crippen LogP contribution is 2.31. The van der Waals surface area contributed by atoms with Crippen LogP contribution in [0.15, 0.2) is 35.0 Å². The van der Waals surface area contributed by atoms with Gasteiger partial charge in [-0.2, -0.15) is 0 Å². The molecule has 0 unspecified atom stereocenters. The summed E-state index contributed by atoms with van der Waals surface area (Å²) in [6, 6.07) is 9.04. The van der Waals surface area contributed by atoms with E-state index in [1.807, 2.05) is 18.2 Å². The topological polar surface area (TPSA) is 95.4 Å². The molecule has 0 fully saturated rings. The van der Waals surface area contributed by atoms with Crippen LogP contribution >= 0.6 is 0 Å². The van der Waals surface area contributed by atoms with Gasteiger partial charge in [-0.05, 0) is 22.4 Å². The summed E-state index contributed by atoms with van der Waals surface area (Å²) in [5.74, 6) is 1.36. The van der Waals surface area contributed by atoms with Crippen LogP contribution in [0, 0.1) is 0 Å². The largest absolute Gasteiger partial charge is 0.497 e. The van der Waals surface area contributed by atoms with Gasteiger partial charge in [0.1, 0.15) is 11.5 Å². The van der Waals surface area contributed by atoms with Gasteiger partial charge in [0.05, 0.1) is 25.6 Å². The van der Waals surface area contributed by atoms with E-state index in [4.69, 9.17) is 19.8 Å². The summed E-state index contributed by atoms with van der Waals surface area (Å²) in [4.78, 5) is 0. The molecule has 0 saturated carbocycles. The number of nitrogen functional groups attached to an aromatic ring is 1. The number of hydrogen-bond donors (Lipinski definition) is 2. The molecule has 1 heterocycles. The molecule has 7 nitrogen and oxygen atoms in total. The Kier molecular flexibility index (Phi) is 3.23. The third kappa shape index (κ3) is 2.40. The van der Waals surface area contributed by atoms with Gasteiger partial charge in [-0.3, -0.25) is 0 Å². The zero-order valence-corrected chi connectivity index (χ0v) is 11.6. The molecule has 0 bridgehead atoms. The van der Waals surface area contributed by atoms with E-state index in [0.717, 1.165) is 11.4 Å². The highest BCUT2D eigenvalue weighted by molar-refractivity contribution is 5.96. The number of nitrogens with one attached hydrogen (secondary N) is 1. The van der Waals surface area contributed by atoms with Crippen LogP contribution in [0.25, 0.3) is 11.0 Å². The van der Waals surface area contributed by atoms with Crippen LogP contribution in [0.1, 0.15) is 0 Å². The number of benzene rings is 2. The molecule has 108 valence electrons. The van der Waals surface area contributed by atoms with Crippen LogP contribution in [0.2, 0.25) is 0 Å². The summed E-state index contributed by atoms with van der Waals surface area (Å²) in [6.45, 7) is 0. The monoisotopic (exact) mass is 286 g/mol. The number of nitrogens with zero attached hydrogens (tertiary/aromatic N) is 2. The predicted molar refractivity (Wildman–Crippen MR) is 79.0 cm³/mol. The van der Waals surface area contributed by atoms with Gasteiger partial charge in [0, 0.05) is 23.9 Å². The molecule has 0 aliphatic carbocycles. The molecule has 3 N–H and O–H groups in total. The van der Waals surface area contributed by atoms with Crippen LogP contribution in [-0.2, 0) is 0 Å². The van der Waals surface area contributed by atoms with Gasteiger partial charge in [-0.15, -0.1) is 0 Å². The van der Waals surface area contributed by atoms with Crippen molar-refractivity contribution in [2.45, 2.75) is 0 Å². The third-order valence-electron chi connectivity index (χ3n) is 3.08. The molecule has 7 heteroatoms. The fraction of sp³-hybridized carbons (Fsp3) is 0.143. The van der Waals surface area contributed by atoms with E-state index in [1.165, 1.54) is 0 Å². The summed E-state index contributed by atoms with van der Waals surface area (Å²) in [5, 5.41) is 10.9. The Morgan fingerprint density at radius 1 is 1.00 bits per heavy atom. The normalized spacial score (nSPS) is 10.6. The van der Waals surface area contributed by atoms with Crippen molar-refractivity contribution in [1.29, 1.82) is 0 Å². The number of rotatable bonds is 4. The maximum atomic E-state index is 5.82. The lowest BCUT2D eigenvalue weighted by atomic mass is 10.2. The average Bonchev–Trinajstić information content (AvgIpc) is 3.00. The zero-order valence-electron chi connectivity index (χ0n) is 11.6. The van der Waals surface area contributed by atoms with E-state index in [-0.39, 0.29) is 0 Å². The number of nitrogens with two attached hydrogens (primary N) is 1. The molecule has 0 spiro atoms. The standard InChI is InChI=1S/C14H14N4O3/c1-19-9-5-8(6-10(7-9)20-2)16-12-4-3-11(15)13-14(12)18-21-17-13/h3-7,16H,15H2,1-2H3. The van der Waals surface area contributed by atoms with Crippen molar-refractivity contribution in [1.82, 2.24) is 10.3 Å². The van der Waals surface area contributed by atoms with Crippen LogP contribution < -0.4 is 20.5 Å². The number of methoxy groups -OCH3 is 2. The van der Waals surface area contributed by atoms with Crippen molar-refractivity contribution in [3.05, 3.63) is 30.3 Å². The van der Waals surface area contributed by atoms with Gasteiger partial charge in [0.2, 0.25) is 0 Å². The molecule has 2 aromatic carbocycles. The van der Waals surface area contributed by atoms with Gasteiger partial charge in [0.15, 0.2) is 11.0 Å². The maximum absolute atomic E-state index is 5.82. The van der Waals surface area contributed by atoms with Crippen molar-refractivity contribution in [2.24, 2.45) is 0 Å². The van der Waals surface area contributed by atoms with Crippen LogP contribution in [-0.4, -0.2) is 24.5 Å². The molecule has 0 radical (unpaired) electrons. The van der Waals surface area contributed by atoms with Crippen LogP contribution in [0.5, 0.6) is 11.5 Å². The summed E-state index contributed by atoms with van der Waals surface area (Å²) in [5.41, 5.74) is 8.95. The summed E-state index contributed by atoms with van der Waals surface area (Å²) in [6.07, 6.45) is 0. The van der Waals surface area contributed by atoms with Gasteiger partial charge < -0.3 is 20.5 Å². The first-order valence-corrected chi connectivity index (χ1v) is 6.22. The molecular formula is C14H14N4O3. The minimum atomic E-state index is 0.514. The first-order valence-electron chi connectivity index (χ1n) is 6.22. The first-order chi connectivity index (χ1) is 10.2. The lowest BCUT2D eigenvalue weighted by molar-refractivity contribution is 0.316. The quantitative estimate of drug-likeness (QED) is 0.711. The van der Waals surface area contributed by atoms with Gasteiger partial charge in [-0.1, -0.05) is 0 Å². The Morgan fingerprint density at radius 2 is 1.67 bits per heavy atom. The van der Waals surface area contributed by atoms with Crippen LogP contribution in [0.4, 0.5) is 17.1 Å². The smallest absolute Gasteiger partial charge is 0.160 e. The molecule has 0 aliphatic rings. The highest BCUT2D eigenvalue weighted by atomic mass is 16.6. The molecule has 21 heavy (non-hydrogen) atoms. The summed E-state index contributed by atoms with van der Waals surface area (Å²) in [7, 11) is 3.20. The van der Waals surface area contributed by atoms with Crippen molar-refractivity contribution in [2.75, 3.05) is 25.3 Å². The third-order valence-corrected chi connectivity index (χ3v) is 3.08. The molecule has 3 aromatic rings. The molecule has 1 aromatic heterocycles. The van der Waals surface area contributed by atoms with E-state index in [9.17, 15) is 0 Å². The van der Waals surface area contributed by atoms with E-state index < -0.39 is 0 Å². The second-order valence-electron chi connectivity index (χ2n) is 4.39. The van der Waals surface area contributed by atoms with E-state index >= 15 is 0 Å². The molecule has 0 saturated heterocycles. The average molecular weight is 286 g/mol. The lowest BCUT2D eigenvalue weighted by Crippen LogP contribution is -1.96. The molecule has 0 atom stereocenters. The van der Waals surface area contributed by atoms with Gasteiger partial charge in [-0.25, -0.2) is 4.63 Å². The number of ether oxygens (including phenoxy) is 2. The number of aromatic nitrogens is 2. The fourth-order valence-corrected chi connectivity index (χ4v) is 2.02. The maximum Gasteiger partial charge on any atom is 0.160 e. The van der Waals surface area contributed by atoms with Crippen molar-refractivity contribution in [3.8, 4) is 11.5 Å². The van der Waals surface area contributed by atoms with Gasteiger partial charge >= 0.3 is 0 Å². The van der Waals surface area contributed by atoms with Crippen molar-refractivity contribution < 1.29 is 14.1 Å². The van der Waals surface area contributed by atoms with E-state index in [2.05, 4.69) is 15.6 Å². The molecule has 0 amide bonds. The zero-order chi connectivity index (χ0) is 14.8. The predicted octanol–water partition coefficient (Wildman–Crippen LogP) is 2.57. The molecular weight excluding hydrogens is 272 g/mol. The Bertz CT molecular complexity index is 763. The Labute approximate surface area is 120 Å². The second kappa shape index (κ2) is 5.20. The number of fused-ring (bicyclic) bond motifs is 1. The minimum absolute atomic E-state index is 0.514. The number of hydrogen-bond acceptors (Lipinski definition) is 7. The lowest BCUT2D eigenvalue weighted by Gasteiger charge is -2.11. The summed E-state index contributed by atoms with van der Waals surface area (Å²) < 4.78 is 15.2. The van der Waals surface area contributed by atoms with Crippen LogP contribution in [0.3, 0.4) is 0 Å². The van der Waals surface area contributed by atoms with E-state index in [1.54, 1.807) is 26.4 Å². The minimum Gasteiger partial charge on any atom is -0.497 e. The fourth-order valence-electron chi connectivity index (χ4n) is 2.02. The van der Waals surface area contributed by atoms with E-state index in [0.29, 0.717) is 28.2 Å². The van der Waals surface area contributed by atoms with Crippen molar-refractivity contribution >= 4 is 28.1 Å². The number of anilines is 3. The summed E-state index contributed by atoms with van der Waals surface area (Å²) >= 11 is 0. The van der Waals surface area contributed by atoms with Gasteiger partial charge in [0.25, 0.3) is 0 Å². The Morgan fingerprint density at radius 3 is 2.33 bits per heavy atom. The Balaban J connectivity index is 2.02. The van der Waals surface area contributed by atoms with Crippen molar-refractivity contribution in [3.63, 3.8) is 0 Å².